The first-order valence-electron chi connectivity index (χ1n) is 9.18. The Hall–Kier alpha value is -2.35. The number of aliphatic carboxylic acids is 2. The van der Waals surface area contributed by atoms with Crippen LogP contribution in [-0.2, 0) is 14.4 Å². The summed E-state index contributed by atoms with van der Waals surface area (Å²) >= 11 is 0. The summed E-state index contributed by atoms with van der Waals surface area (Å²) in [6, 6.07) is 3.88. The smallest absolute Gasteiger partial charge is 0.414 e. The van der Waals surface area contributed by atoms with Crippen molar-refractivity contribution in [1.29, 1.82) is 0 Å². The molecule has 0 saturated carbocycles. The maximum atomic E-state index is 12.0. The molecular weight excluding hydrogens is 352 g/mol. The van der Waals surface area contributed by atoms with E-state index in [0.717, 1.165) is 25.1 Å². The van der Waals surface area contributed by atoms with Gasteiger partial charge < -0.3 is 24.8 Å². The minimum Gasteiger partial charge on any atom is -0.473 e. The van der Waals surface area contributed by atoms with Gasteiger partial charge >= 0.3 is 11.9 Å². The molecule has 0 aliphatic heterocycles. The summed E-state index contributed by atoms with van der Waals surface area (Å²) < 4.78 is 5.51. The van der Waals surface area contributed by atoms with Crippen molar-refractivity contribution in [2.24, 2.45) is 0 Å². The second-order valence-corrected chi connectivity index (χ2v) is 6.53. The molecule has 154 valence electrons. The van der Waals surface area contributed by atoms with Crippen molar-refractivity contribution in [3.63, 3.8) is 0 Å². The number of rotatable bonds is 11. The topological polar surface area (TPSA) is 120 Å². The SMILES string of the molecule is CCCCCCC(CC(=O)NCCN(C)C)c1ccco1.O=C(O)C(=O)O. The summed E-state index contributed by atoms with van der Waals surface area (Å²) in [5.74, 6) is -2.38. The van der Waals surface area contributed by atoms with E-state index in [4.69, 9.17) is 24.2 Å². The van der Waals surface area contributed by atoms with E-state index in [1.807, 2.05) is 26.2 Å². The van der Waals surface area contributed by atoms with Gasteiger partial charge in [0.05, 0.1) is 6.26 Å². The lowest BCUT2D eigenvalue weighted by Gasteiger charge is -2.15. The average Bonchev–Trinajstić information content (AvgIpc) is 3.12. The van der Waals surface area contributed by atoms with E-state index in [9.17, 15) is 4.79 Å². The second kappa shape index (κ2) is 14.8. The molecule has 0 spiro atoms. The van der Waals surface area contributed by atoms with E-state index in [-0.39, 0.29) is 11.8 Å². The van der Waals surface area contributed by atoms with Crippen LogP contribution >= 0.6 is 0 Å². The molecule has 1 unspecified atom stereocenters. The lowest BCUT2D eigenvalue weighted by atomic mass is 9.94. The molecule has 0 bridgehead atoms. The van der Waals surface area contributed by atoms with Gasteiger partial charge in [-0.05, 0) is 32.6 Å². The molecule has 8 nitrogen and oxygen atoms in total. The van der Waals surface area contributed by atoms with Gasteiger partial charge in [0.2, 0.25) is 5.91 Å². The molecule has 8 heteroatoms. The largest absolute Gasteiger partial charge is 0.473 e. The Morgan fingerprint density at radius 3 is 2.30 bits per heavy atom. The van der Waals surface area contributed by atoms with Crippen molar-refractivity contribution in [2.75, 3.05) is 27.2 Å². The highest BCUT2D eigenvalue weighted by Gasteiger charge is 2.18. The average molecular weight is 384 g/mol. The Morgan fingerprint density at radius 2 is 1.81 bits per heavy atom. The minimum atomic E-state index is -1.82. The lowest BCUT2D eigenvalue weighted by molar-refractivity contribution is -0.159. The molecule has 0 radical (unpaired) electrons. The summed E-state index contributed by atoms with van der Waals surface area (Å²) in [7, 11) is 4.01. The van der Waals surface area contributed by atoms with E-state index in [2.05, 4.69) is 17.1 Å². The number of hydrogen-bond donors (Lipinski definition) is 3. The van der Waals surface area contributed by atoms with E-state index < -0.39 is 11.9 Å². The molecular formula is C19H32N2O6. The molecule has 3 N–H and O–H groups in total. The molecule has 1 aromatic rings. The molecule has 1 heterocycles. The number of nitrogens with zero attached hydrogens (tertiary/aromatic N) is 1. The highest BCUT2D eigenvalue weighted by molar-refractivity contribution is 6.27. The van der Waals surface area contributed by atoms with Crippen LogP contribution < -0.4 is 5.32 Å². The maximum absolute atomic E-state index is 12.0. The number of carbonyl (C=O) groups is 3. The van der Waals surface area contributed by atoms with Crippen molar-refractivity contribution in [2.45, 2.75) is 51.4 Å². The second-order valence-electron chi connectivity index (χ2n) is 6.53. The summed E-state index contributed by atoms with van der Waals surface area (Å²) in [6.07, 6.45) is 8.12. The van der Waals surface area contributed by atoms with Crippen LogP contribution in [0.25, 0.3) is 0 Å². The first-order chi connectivity index (χ1) is 12.8. The Balaban J connectivity index is 0.000000972. The summed E-state index contributed by atoms with van der Waals surface area (Å²) in [6.45, 7) is 3.78. The molecule has 0 aliphatic carbocycles. The van der Waals surface area contributed by atoms with Crippen LogP contribution in [0.4, 0.5) is 0 Å². The first-order valence-corrected chi connectivity index (χ1v) is 9.18. The van der Waals surface area contributed by atoms with Crippen LogP contribution in [0.3, 0.4) is 0 Å². The van der Waals surface area contributed by atoms with Crippen molar-refractivity contribution in [1.82, 2.24) is 10.2 Å². The van der Waals surface area contributed by atoms with Gasteiger partial charge in [0.1, 0.15) is 5.76 Å². The van der Waals surface area contributed by atoms with Gasteiger partial charge in [-0.3, -0.25) is 4.79 Å². The monoisotopic (exact) mass is 384 g/mol. The third kappa shape index (κ3) is 13.5. The zero-order valence-corrected chi connectivity index (χ0v) is 16.4. The number of carbonyl (C=O) groups excluding carboxylic acids is 1. The zero-order valence-electron chi connectivity index (χ0n) is 16.4. The fourth-order valence-corrected chi connectivity index (χ4v) is 2.40. The standard InChI is InChI=1S/C17H30N2O2.C2H2O4/c1-4-5-6-7-9-15(16-10-8-13-21-16)14-17(20)18-11-12-19(2)3;3-1(4)2(5)6/h8,10,13,15H,4-7,9,11-12,14H2,1-3H3,(H,18,20);(H,3,4)(H,5,6). The summed E-state index contributed by atoms with van der Waals surface area (Å²) in [5, 5.41) is 17.8. The normalized spacial score (nSPS) is 11.4. The van der Waals surface area contributed by atoms with Crippen LogP contribution in [0.1, 0.15) is 57.1 Å². The van der Waals surface area contributed by atoms with Gasteiger partial charge in [-0.25, -0.2) is 9.59 Å². The number of amides is 1. The van der Waals surface area contributed by atoms with Crippen LogP contribution in [0.5, 0.6) is 0 Å². The van der Waals surface area contributed by atoms with Gasteiger partial charge in [-0.1, -0.05) is 32.6 Å². The van der Waals surface area contributed by atoms with Gasteiger partial charge in [0.25, 0.3) is 0 Å². The number of carboxylic acid groups (broad SMARTS) is 2. The van der Waals surface area contributed by atoms with Gasteiger partial charge in [0.15, 0.2) is 0 Å². The molecule has 0 aliphatic rings. The number of likely N-dealkylation sites (N-methyl/N-ethyl adjacent to an activating group) is 1. The number of unbranched alkanes of at least 4 members (excludes halogenated alkanes) is 3. The quantitative estimate of drug-likeness (QED) is 0.396. The van der Waals surface area contributed by atoms with Gasteiger partial charge in [-0.15, -0.1) is 0 Å². The number of nitrogens with one attached hydrogen (secondary N) is 1. The highest BCUT2D eigenvalue weighted by atomic mass is 16.4. The van der Waals surface area contributed by atoms with E-state index in [1.165, 1.54) is 19.3 Å². The van der Waals surface area contributed by atoms with E-state index in [1.54, 1.807) is 6.26 Å². The maximum Gasteiger partial charge on any atom is 0.414 e. The first kappa shape index (κ1) is 24.7. The molecule has 0 aromatic carbocycles. The Morgan fingerprint density at radius 1 is 1.15 bits per heavy atom. The van der Waals surface area contributed by atoms with Crippen molar-refractivity contribution in [3.8, 4) is 0 Å². The number of hydrogen-bond acceptors (Lipinski definition) is 5. The van der Waals surface area contributed by atoms with Crippen LogP contribution in [0.2, 0.25) is 0 Å². The van der Waals surface area contributed by atoms with Crippen LogP contribution in [0.15, 0.2) is 22.8 Å². The summed E-state index contributed by atoms with van der Waals surface area (Å²) in [4.78, 5) is 32.3. The third-order valence-electron chi connectivity index (χ3n) is 3.85. The number of carboxylic acids is 2. The minimum absolute atomic E-state index is 0.119. The lowest BCUT2D eigenvalue weighted by Crippen LogP contribution is -2.32. The predicted molar refractivity (Wildman–Crippen MR) is 102 cm³/mol. The van der Waals surface area contributed by atoms with E-state index in [0.29, 0.717) is 13.0 Å². The molecule has 1 amide bonds. The van der Waals surface area contributed by atoms with Crippen molar-refractivity contribution < 1.29 is 29.0 Å². The zero-order chi connectivity index (χ0) is 20.7. The van der Waals surface area contributed by atoms with Crippen LogP contribution in [0, 0.1) is 0 Å². The molecule has 1 atom stereocenters. The molecule has 0 saturated heterocycles. The Labute approximate surface area is 160 Å². The number of furan rings is 1. The Bertz CT molecular complexity index is 530. The molecule has 1 aromatic heterocycles. The van der Waals surface area contributed by atoms with Crippen molar-refractivity contribution in [3.05, 3.63) is 24.2 Å². The molecule has 1 rings (SSSR count). The molecule has 27 heavy (non-hydrogen) atoms. The van der Waals surface area contributed by atoms with Crippen LogP contribution in [-0.4, -0.2) is 60.1 Å². The Kier molecular flexibility index (Phi) is 13.5. The summed E-state index contributed by atoms with van der Waals surface area (Å²) in [5.41, 5.74) is 0. The molecule has 0 fully saturated rings. The van der Waals surface area contributed by atoms with E-state index >= 15 is 0 Å². The fourth-order valence-electron chi connectivity index (χ4n) is 2.40. The van der Waals surface area contributed by atoms with Gasteiger partial charge in [-0.2, -0.15) is 0 Å². The third-order valence-corrected chi connectivity index (χ3v) is 3.85. The fraction of sp³-hybridized carbons (Fsp3) is 0.632. The van der Waals surface area contributed by atoms with Gasteiger partial charge in [0, 0.05) is 25.4 Å². The predicted octanol–water partition coefficient (Wildman–Crippen LogP) is 2.56. The van der Waals surface area contributed by atoms with Crippen molar-refractivity contribution >= 4 is 17.8 Å². The highest BCUT2D eigenvalue weighted by Crippen LogP contribution is 2.26.